The molecule has 1 saturated heterocycles. The van der Waals surface area contributed by atoms with Gasteiger partial charge in [0.15, 0.2) is 0 Å². The van der Waals surface area contributed by atoms with Crippen LogP contribution < -0.4 is 0 Å². The molecule has 0 radical (unpaired) electrons. The number of rotatable bonds is 2. The van der Waals surface area contributed by atoms with Gasteiger partial charge in [-0.1, -0.05) is 12.1 Å². The van der Waals surface area contributed by atoms with Crippen molar-refractivity contribution in [3.05, 3.63) is 59.6 Å². The summed E-state index contributed by atoms with van der Waals surface area (Å²) >= 11 is 0. The lowest BCUT2D eigenvalue weighted by atomic mass is 9.94. The zero-order valence-corrected chi connectivity index (χ0v) is 14.0. The minimum atomic E-state index is -0.344. The molecule has 2 aromatic heterocycles. The second-order valence-electron chi connectivity index (χ2n) is 6.56. The van der Waals surface area contributed by atoms with Gasteiger partial charge in [-0.3, -0.25) is 14.8 Å². The van der Waals surface area contributed by atoms with Crippen molar-refractivity contribution in [2.45, 2.75) is 25.7 Å². The molecular formula is C19H19FN4O. The molecule has 128 valence electrons. The lowest BCUT2D eigenvalue weighted by Gasteiger charge is -2.32. The van der Waals surface area contributed by atoms with Crippen LogP contribution in [-0.2, 0) is 0 Å². The van der Waals surface area contributed by atoms with E-state index in [1.807, 2.05) is 11.8 Å². The number of hydrogen-bond acceptors (Lipinski definition) is 3. The summed E-state index contributed by atoms with van der Waals surface area (Å²) in [7, 11) is 0. The molecule has 1 fully saturated rings. The van der Waals surface area contributed by atoms with Gasteiger partial charge in [0.2, 0.25) is 0 Å². The maximum Gasteiger partial charge on any atom is 0.270 e. The number of hydrogen-bond donors (Lipinski definition) is 1. The van der Waals surface area contributed by atoms with Crippen molar-refractivity contribution in [3.63, 3.8) is 0 Å². The van der Waals surface area contributed by atoms with Crippen LogP contribution >= 0.6 is 0 Å². The second-order valence-corrected chi connectivity index (χ2v) is 6.56. The molecule has 1 aliphatic rings. The molecule has 0 saturated carbocycles. The van der Waals surface area contributed by atoms with Gasteiger partial charge in [-0.2, -0.15) is 0 Å². The van der Waals surface area contributed by atoms with Gasteiger partial charge in [0, 0.05) is 36.8 Å². The SMILES string of the molecule is Cc1cncc([C@@H]2CCCN(C(=O)c3cc4cccc(F)c4[nH]3)C2)n1. The second kappa shape index (κ2) is 6.27. The molecule has 25 heavy (non-hydrogen) atoms. The number of aromatic amines is 1. The van der Waals surface area contributed by atoms with E-state index in [9.17, 15) is 9.18 Å². The van der Waals surface area contributed by atoms with E-state index in [-0.39, 0.29) is 17.6 Å². The third-order valence-electron chi connectivity index (χ3n) is 4.74. The number of carbonyl (C=O) groups excluding carboxylic acids is 1. The van der Waals surface area contributed by atoms with E-state index in [0.29, 0.717) is 29.7 Å². The Morgan fingerprint density at radius 1 is 1.36 bits per heavy atom. The van der Waals surface area contributed by atoms with Crippen LogP contribution in [0.4, 0.5) is 4.39 Å². The summed E-state index contributed by atoms with van der Waals surface area (Å²) < 4.78 is 13.9. The quantitative estimate of drug-likeness (QED) is 0.779. The molecule has 1 aromatic carbocycles. The molecule has 1 amide bonds. The zero-order chi connectivity index (χ0) is 17.4. The average molecular weight is 338 g/mol. The number of carbonyl (C=O) groups is 1. The number of benzene rings is 1. The molecule has 0 aliphatic carbocycles. The van der Waals surface area contributed by atoms with Gasteiger partial charge in [0.25, 0.3) is 5.91 Å². The molecule has 3 aromatic rings. The Hall–Kier alpha value is -2.76. The van der Waals surface area contributed by atoms with Crippen molar-refractivity contribution < 1.29 is 9.18 Å². The summed E-state index contributed by atoms with van der Waals surface area (Å²) in [4.78, 5) is 26.4. The molecule has 1 atom stereocenters. The number of nitrogens with one attached hydrogen (secondary N) is 1. The van der Waals surface area contributed by atoms with E-state index < -0.39 is 0 Å². The number of halogens is 1. The number of H-pyrrole nitrogens is 1. The van der Waals surface area contributed by atoms with Crippen molar-refractivity contribution in [1.29, 1.82) is 0 Å². The minimum absolute atomic E-state index is 0.0964. The predicted molar refractivity (Wildman–Crippen MR) is 92.9 cm³/mol. The summed E-state index contributed by atoms with van der Waals surface area (Å²) in [5.41, 5.74) is 2.62. The number of likely N-dealkylation sites (tertiary alicyclic amines) is 1. The number of fused-ring (bicyclic) bond motifs is 1. The lowest BCUT2D eigenvalue weighted by Crippen LogP contribution is -2.39. The predicted octanol–water partition coefficient (Wildman–Crippen LogP) is 3.43. The van der Waals surface area contributed by atoms with Crippen LogP contribution in [0, 0.1) is 12.7 Å². The minimum Gasteiger partial charge on any atom is -0.348 e. The summed E-state index contributed by atoms with van der Waals surface area (Å²) in [5, 5.41) is 0.710. The Labute approximate surface area is 144 Å². The smallest absolute Gasteiger partial charge is 0.270 e. The zero-order valence-electron chi connectivity index (χ0n) is 14.0. The van der Waals surface area contributed by atoms with Crippen molar-refractivity contribution in [3.8, 4) is 0 Å². The Balaban J connectivity index is 1.57. The summed E-state index contributed by atoms with van der Waals surface area (Å²) in [6, 6.07) is 6.55. The summed E-state index contributed by atoms with van der Waals surface area (Å²) in [5.74, 6) is -0.254. The largest absolute Gasteiger partial charge is 0.348 e. The Kier molecular flexibility index (Phi) is 3.95. The molecule has 0 spiro atoms. The monoisotopic (exact) mass is 338 g/mol. The number of amides is 1. The van der Waals surface area contributed by atoms with Gasteiger partial charge in [0.1, 0.15) is 11.5 Å². The highest BCUT2D eigenvalue weighted by atomic mass is 19.1. The molecule has 0 unspecified atom stereocenters. The fourth-order valence-electron chi connectivity index (χ4n) is 3.49. The van der Waals surface area contributed by atoms with Gasteiger partial charge in [-0.15, -0.1) is 0 Å². The highest BCUT2D eigenvalue weighted by molar-refractivity contribution is 5.98. The van der Waals surface area contributed by atoms with Gasteiger partial charge < -0.3 is 9.88 Å². The number of nitrogens with zero attached hydrogens (tertiary/aromatic N) is 3. The third-order valence-corrected chi connectivity index (χ3v) is 4.74. The van der Waals surface area contributed by atoms with Gasteiger partial charge >= 0.3 is 0 Å². The highest BCUT2D eigenvalue weighted by Gasteiger charge is 2.27. The van der Waals surface area contributed by atoms with Crippen molar-refractivity contribution in [2.24, 2.45) is 0 Å². The standard InChI is InChI=1S/C19H19FN4O/c1-12-9-21-10-17(22-12)14-5-3-7-24(11-14)19(25)16-8-13-4-2-6-15(20)18(13)23-16/h2,4,6,8-10,14,23H,3,5,7,11H2,1H3/t14-/m1/s1. The molecule has 1 aliphatic heterocycles. The van der Waals surface area contributed by atoms with E-state index >= 15 is 0 Å². The first-order valence-corrected chi connectivity index (χ1v) is 8.47. The van der Waals surface area contributed by atoms with Crippen LogP contribution in [0.25, 0.3) is 10.9 Å². The number of para-hydroxylation sites is 1. The van der Waals surface area contributed by atoms with Crippen LogP contribution in [0.5, 0.6) is 0 Å². The first-order chi connectivity index (χ1) is 12.1. The molecule has 0 bridgehead atoms. The van der Waals surface area contributed by atoms with Crippen LogP contribution in [0.3, 0.4) is 0 Å². The molecule has 4 rings (SSSR count). The number of aryl methyl sites for hydroxylation is 1. The maximum atomic E-state index is 13.9. The van der Waals surface area contributed by atoms with Gasteiger partial charge in [-0.25, -0.2) is 4.39 Å². The van der Waals surface area contributed by atoms with Crippen molar-refractivity contribution in [2.75, 3.05) is 13.1 Å². The van der Waals surface area contributed by atoms with Crippen molar-refractivity contribution in [1.82, 2.24) is 19.9 Å². The number of piperidine rings is 1. The van der Waals surface area contributed by atoms with E-state index in [1.165, 1.54) is 6.07 Å². The van der Waals surface area contributed by atoms with E-state index in [1.54, 1.807) is 30.6 Å². The van der Waals surface area contributed by atoms with E-state index in [0.717, 1.165) is 24.2 Å². The van der Waals surface area contributed by atoms with Gasteiger partial charge in [0.05, 0.1) is 16.9 Å². The molecular weight excluding hydrogens is 319 g/mol. The molecule has 5 nitrogen and oxygen atoms in total. The Bertz CT molecular complexity index is 936. The summed E-state index contributed by atoms with van der Waals surface area (Å²) in [6.45, 7) is 3.22. The Morgan fingerprint density at radius 3 is 3.04 bits per heavy atom. The topological polar surface area (TPSA) is 61.9 Å². The van der Waals surface area contributed by atoms with E-state index in [2.05, 4.69) is 15.0 Å². The Morgan fingerprint density at radius 2 is 2.24 bits per heavy atom. The summed E-state index contributed by atoms with van der Waals surface area (Å²) in [6.07, 6.45) is 5.42. The third kappa shape index (κ3) is 2.99. The van der Waals surface area contributed by atoms with E-state index in [4.69, 9.17) is 0 Å². The van der Waals surface area contributed by atoms with Gasteiger partial charge in [-0.05, 0) is 31.9 Å². The van der Waals surface area contributed by atoms with Crippen LogP contribution in [0.1, 0.15) is 40.6 Å². The highest BCUT2D eigenvalue weighted by Crippen LogP contribution is 2.27. The lowest BCUT2D eigenvalue weighted by molar-refractivity contribution is 0.0700. The van der Waals surface area contributed by atoms with Crippen molar-refractivity contribution >= 4 is 16.8 Å². The number of aromatic nitrogens is 3. The van der Waals surface area contributed by atoms with Crippen LogP contribution in [-0.4, -0.2) is 38.8 Å². The molecule has 6 heteroatoms. The molecule has 1 N–H and O–H groups in total. The first-order valence-electron chi connectivity index (χ1n) is 8.47. The average Bonchev–Trinajstić information content (AvgIpc) is 3.07. The first kappa shape index (κ1) is 15.7. The van der Waals surface area contributed by atoms with Crippen LogP contribution in [0.2, 0.25) is 0 Å². The maximum absolute atomic E-state index is 13.9. The van der Waals surface area contributed by atoms with Crippen LogP contribution in [0.15, 0.2) is 36.7 Å². The fourth-order valence-corrected chi connectivity index (χ4v) is 3.49. The molecule has 3 heterocycles. The fraction of sp³-hybridized carbons (Fsp3) is 0.316. The normalized spacial score (nSPS) is 17.8.